The fourth-order valence-electron chi connectivity index (χ4n) is 4.32. The Morgan fingerprint density at radius 1 is 1.03 bits per heavy atom. The number of H-pyrrole nitrogens is 1. The number of aromatic amines is 1. The van der Waals surface area contributed by atoms with E-state index in [1.54, 1.807) is 36.8 Å². The first-order valence-corrected chi connectivity index (χ1v) is 11.9. The number of nitrogens with one attached hydrogen (secondary N) is 1. The van der Waals surface area contributed by atoms with Crippen LogP contribution in [0.25, 0.3) is 22.0 Å². The quantitative estimate of drug-likeness (QED) is 0.354. The number of aromatic nitrogens is 3. The molecule has 0 aliphatic carbocycles. The molecule has 9 nitrogen and oxygen atoms in total. The van der Waals surface area contributed by atoms with Crippen LogP contribution in [-0.2, 0) is 4.79 Å². The third-order valence-electron chi connectivity index (χ3n) is 6.41. The highest BCUT2D eigenvalue weighted by atomic mass is 19.4. The molecule has 0 unspecified atom stereocenters. The van der Waals surface area contributed by atoms with Gasteiger partial charge in [-0.05, 0) is 60.0 Å². The van der Waals surface area contributed by atoms with E-state index in [4.69, 9.17) is 15.6 Å². The number of carbonyl (C=O) groups excluding carboxylic acids is 1. The molecule has 1 amide bonds. The number of carbonyl (C=O) groups is 2. The van der Waals surface area contributed by atoms with E-state index < -0.39 is 12.1 Å². The van der Waals surface area contributed by atoms with Gasteiger partial charge in [0.15, 0.2) is 0 Å². The third-order valence-corrected chi connectivity index (χ3v) is 6.41. The number of fused-ring (bicyclic) bond motifs is 1. The van der Waals surface area contributed by atoms with Gasteiger partial charge in [0.2, 0.25) is 5.56 Å². The molecule has 0 radical (unpaired) electrons. The minimum atomic E-state index is -5.08. The number of carboxylic acids is 1. The minimum Gasteiger partial charge on any atom is -0.475 e. The molecule has 1 aromatic carbocycles. The molecule has 1 saturated heterocycles. The number of anilines is 1. The van der Waals surface area contributed by atoms with Gasteiger partial charge in [-0.15, -0.1) is 0 Å². The molecular formula is C27H24F3N5O4. The highest BCUT2D eigenvalue weighted by Crippen LogP contribution is 2.32. The number of carboxylic acid groups (broad SMARTS) is 1. The lowest BCUT2D eigenvalue weighted by Crippen LogP contribution is -2.38. The lowest BCUT2D eigenvalue weighted by Gasteiger charge is -2.32. The highest BCUT2D eigenvalue weighted by Gasteiger charge is 2.38. The molecule has 3 aromatic heterocycles. The summed E-state index contributed by atoms with van der Waals surface area (Å²) in [4.78, 5) is 46.2. The summed E-state index contributed by atoms with van der Waals surface area (Å²) in [5, 5.41) is 9.20. The summed E-state index contributed by atoms with van der Waals surface area (Å²) >= 11 is 0. The van der Waals surface area contributed by atoms with Gasteiger partial charge in [-0.2, -0.15) is 13.2 Å². The van der Waals surface area contributed by atoms with Crippen LogP contribution in [0.2, 0.25) is 0 Å². The second-order valence-electron chi connectivity index (χ2n) is 8.92. The van der Waals surface area contributed by atoms with Crippen LogP contribution in [0.5, 0.6) is 0 Å². The van der Waals surface area contributed by atoms with Crippen molar-refractivity contribution in [1.82, 2.24) is 19.9 Å². The SMILES string of the molecule is Nc1nccc2ccc(C3CCN(C(=O)c4ccc(-c5ccc(=O)[nH]c5)nc4)CC3)cc12.O=C(O)C(F)(F)F. The monoisotopic (exact) mass is 539 g/mol. The van der Waals surface area contributed by atoms with Gasteiger partial charge in [0.1, 0.15) is 5.82 Å². The second kappa shape index (κ2) is 11.3. The molecule has 12 heteroatoms. The molecule has 4 heterocycles. The van der Waals surface area contributed by atoms with E-state index in [-0.39, 0.29) is 11.5 Å². The molecule has 39 heavy (non-hydrogen) atoms. The van der Waals surface area contributed by atoms with E-state index in [1.807, 2.05) is 11.0 Å². The van der Waals surface area contributed by atoms with E-state index >= 15 is 0 Å². The molecule has 1 aliphatic rings. The Hall–Kier alpha value is -4.74. The summed E-state index contributed by atoms with van der Waals surface area (Å²) in [6.45, 7) is 1.40. The van der Waals surface area contributed by atoms with Crippen molar-refractivity contribution in [2.75, 3.05) is 18.8 Å². The van der Waals surface area contributed by atoms with Crippen molar-refractivity contribution in [1.29, 1.82) is 0 Å². The molecule has 4 N–H and O–H groups in total. The first-order valence-electron chi connectivity index (χ1n) is 11.9. The molecule has 0 atom stereocenters. The standard InChI is InChI=1S/C25H23N5O2.C2HF3O2/c26-24-21-13-18(2-1-17(21)7-10-27-24)16-8-11-30(12-9-16)25(32)20-3-5-22(28-15-20)19-4-6-23(31)29-14-19;3-2(4,5)1(6)7/h1-7,10,13-16H,8-9,11-12H2,(H2,26,27)(H,29,31);(H,6,7). The highest BCUT2D eigenvalue weighted by molar-refractivity contribution is 5.94. The molecule has 1 fully saturated rings. The van der Waals surface area contributed by atoms with Gasteiger partial charge in [0.05, 0.1) is 11.3 Å². The van der Waals surface area contributed by atoms with Crippen LogP contribution in [0.4, 0.5) is 19.0 Å². The van der Waals surface area contributed by atoms with Crippen molar-refractivity contribution in [3.05, 3.63) is 88.6 Å². The summed E-state index contributed by atoms with van der Waals surface area (Å²) < 4.78 is 31.7. The smallest absolute Gasteiger partial charge is 0.475 e. The third kappa shape index (κ3) is 6.58. The van der Waals surface area contributed by atoms with Crippen LogP contribution in [-0.4, -0.2) is 56.1 Å². The number of alkyl halides is 3. The Bertz CT molecular complexity index is 1530. The number of nitrogens with two attached hydrogens (primary N) is 1. The van der Waals surface area contributed by atoms with Gasteiger partial charge in [0.25, 0.3) is 5.91 Å². The van der Waals surface area contributed by atoms with Gasteiger partial charge in [0, 0.05) is 48.7 Å². The number of benzene rings is 1. The number of halogens is 3. The topological polar surface area (TPSA) is 142 Å². The molecule has 0 bridgehead atoms. The summed E-state index contributed by atoms with van der Waals surface area (Å²) in [6, 6.07) is 15.1. The largest absolute Gasteiger partial charge is 0.490 e. The maximum atomic E-state index is 13.0. The van der Waals surface area contributed by atoms with Crippen molar-refractivity contribution < 1.29 is 27.9 Å². The first kappa shape index (κ1) is 27.3. The molecule has 202 valence electrons. The fourth-order valence-corrected chi connectivity index (χ4v) is 4.32. The van der Waals surface area contributed by atoms with Crippen molar-refractivity contribution in [3.8, 4) is 11.3 Å². The van der Waals surface area contributed by atoms with E-state index in [1.165, 1.54) is 11.6 Å². The van der Waals surface area contributed by atoms with Crippen LogP contribution in [0.1, 0.15) is 34.7 Å². The van der Waals surface area contributed by atoms with Crippen molar-refractivity contribution in [2.45, 2.75) is 24.9 Å². The van der Waals surface area contributed by atoms with Crippen LogP contribution in [0, 0.1) is 0 Å². The Kier molecular flexibility index (Phi) is 7.93. The Balaban J connectivity index is 0.000000448. The van der Waals surface area contributed by atoms with Crippen LogP contribution in [0.15, 0.2) is 71.9 Å². The minimum absolute atomic E-state index is 0.00377. The molecule has 0 spiro atoms. The number of nitrogen functional groups attached to an aromatic ring is 1. The van der Waals surface area contributed by atoms with E-state index in [0.717, 1.165) is 29.2 Å². The van der Waals surface area contributed by atoms with Crippen LogP contribution >= 0.6 is 0 Å². The number of hydrogen-bond donors (Lipinski definition) is 3. The first-order chi connectivity index (χ1) is 18.5. The van der Waals surface area contributed by atoms with Gasteiger partial charge in [-0.1, -0.05) is 12.1 Å². The maximum Gasteiger partial charge on any atom is 0.490 e. The fraction of sp³-hybridized carbons (Fsp3) is 0.222. The predicted octanol–water partition coefficient (Wildman–Crippen LogP) is 4.22. The Morgan fingerprint density at radius 2 is 1.74 bits per heavy atom. The molecule has 0 saturated carbocycles. The van der Waals surface area contributed by atoms with Crippen LogP contribution in [0.3, 0.4) is 0 Å². The van der Waals surface area contributed by atoms with Gasteiger partial charge < -0.3 is 20.7 Å². The Morgan fingerprint density at radius 3 is 2.33 bits per heavy atom. The van der Waals surface area contributed by atoms with Crippen LogP contribution < -0.4 is 11.3 Å². The zero-order chi connectivity index (χ0) is 28.2. The number of pyridine rings is 3. The number of hydrogen-bond acceptors (Lipinski definition) is 6. The zero-order valence-electron chi connectivity index (χ0n) is 20.5. The molecule has 1 aliphatic heterocycles. The predicted molar refractivity (Wildman–Crippen MR) is 138 cm³/mol. The van der Waals surface area contributed by atoms with Crippen molar-refractivity contribution in [2.24, 2.45) is 0 Å². The number of aliphatic carboxylic acids is 1. The number of rotatable bonds is 3. The molecule has 4 aromatic rings. The van der Waals surface area contributed by atoms with Crippen molar-refractivity contribution >= 4 is 28.5 Å². The normalized spacial score (nSPS) is 14.0. The van der Waals surface area contributed by atoms with Gasteiger partial charge in [-0.25, -0.2) is 9.78 Å². The van der Waals surface area contributed by atoms with E-state index in [9.17, 15) is 22.8 Å². The number of likely N-dealkylation sites (tertiary alicyclic amines) is 1. The van der Waals surface area contributed by atoms with Crippen molar-refractivity contribution in [3.63, 3.8) is 0 Å². The lowest BCUT2D eigenvalue weighted by atomic mass is 9.88. The lowest BCUT2D eigenvalue weighted by molar-refractivity contribution is -0.192. The van der Waals surface area contributed by atoms with Gasteiger partial charge in [-0.3, -0.25) is 14.6 Å². The number of piperidine rings is 1. The summed E-state index contributed by atoms with van der Waals surface area (Å²) in [5.41, 5.74) is 9.22. The summed E-state index contributed by atoms with van der Waals surface area (Å²) in [5.74, 6) is -1.82. The molecule has 5 rings (SSSR count). The van der Waals surface area contributed by atoms with E-state index in [2.05, 4.69) is 33.2 Å². The zero-order valence-corrected chi connectivity index (χ0v) is 20.5. The average molecular weight is 540 g/mol. The van der Waals surface area contributed by atoms with Gasteiger partial charge >= 0.3 is 12.1 Å². The average Bonchev–Trinajstić information content (AvgIpc) is 2.93. The number of nitrogens with zero attached hydrogens (tertiary/aromatic N) is 3. The second-order valence-corrected chi connectivity index (χ2v) is 8.92. The summed E-state index contributed by atoms with van der Waals surface area (Å²) in [6.07, 6.45) is 1.67. The summed E-state index contributed by atoms with van der Waals surface area (Å²) in [7, 11) is 0. The van der Waals surface area contributed by atoms with E-state index in [0.29, 0.717) is 36.1 Å². The molecular weight excluding hydrogens is 515 g/mol. The maximum absolute atomic E-state index is 13.0. The number of amides is 1. The Labute approximate surface area is 220 Å².